The molecule has 0 aliphatic carbocycles. The first-order valence-corrected chi connectivity index (χ1v) is 11.4. The van der Waals surface area contributed by atoms with Crippen LogP contribution in [0, 0.1) is 10.1 Å². The third kappa shape index (κ3) is 5.71. The van der Waals surface area contributed by atoms with Crippen LogP contribution in [-0.2, 0) is 4.79 Å². The summed E-state index contributed by atoms with van der Waals surface area (Å²) in [7, 11) is 0. The quantitative estimate of drug-likeness (QED) is 0.391. The van der Waals surface area contributed by atoms with Crippen LogP contribution in [0.15, 0.2) is 48.5 Å². The zero-order valence-electron chi connectivity index (χ0n) is 17.6. The Balaban J connectivity index is 1.16. The van der Waals surface area contributed by atoms with Gasteiger partial charge in [0.1, 0.15) is 5.75 Å². The molecular formula is C22H25N5O4S. The van der Waals surface area contributed by atoms with Crippen molar-refractivity contribution < 1.29 is 14.5 Å². The molecule has 9 nitrogen and oxygen atoms in total. The van der Waals surface area contributed by atoms with Crippen molar-refractivity contribution in [1.82, 2.24) is 15.2 Å². The molecule has 0 atom stereocenters. The number of piperazine rings is 1. The number of nitrogens with zero attached hydrogens (tertiary/aromatic N) is 4. The summed E-state index contributed by atoms with van der Waals surface area (Å²) in [5.74, 6) is 0.757. The number of amides is 1. The van der Waals surface area contributed by atoms with Gasteiger partial charge in [-0.05, 0) is 18.2 Å². The molecule has 1 fully saturated rings. The standard InChI is InChI=1S/C22H25N5O4S/c28-21(8-15-31-18-4-2-1-3-5-18)23-9-10-25-11-13-26(14-12-25)22-24-19-7-6-17(27(29)30)16-20(19)32-22/h1-7,16H,8-15H2,(H,23,28). The van der Waals surface area contributed by atoms with Crippen molar-refractivity contribution in [3.63, 3.8) is 0 Å². The molecule has 4 rings (SSSR count). The lowest BCUT2D eigenvalue weighted by Gasteiger charge is -2.34. The minimum Gasteiger partial charge on any atom is -0.493 e. The van der Waals surface area contributed by atoms with Gasteiger partial charge in [0.05, 0.1) is 28.2 Å². The highest BCUT2D eigenvalue weighted by Gasteiger charge is 2.20. The number of para-hydroxylation sites is 1. The van der Waals surface area contributed by atoms with Gasteiger partial charge in [0.2, 0.25) is 5.91 Å². The predicted molar refractivity (Wildman–Crippen MR) is 124 cm³/mol. The maximum Gasteiger partial charge on any atom is 0.270 e. The molecule has 1 N–H and O–H groups in total. The number of aromatic nitrogens is 1. The SMILES string of the molecule is O=C(CCOc1ccccc1)NCCN1CCN(c2nc3ccc([N+](=O)[O-])cc3s2)CC1. The number of nitrogens with one attached hydrogen (secondary N) is 1. The molecular weight excluding hydrogens is 430 g/mol. The molecule has 2 heterocycles. The van der Waals surface area contributed by atoms with E-state index in [-0.39, 0.29) is 16.5 Å². The number of anilines is 1. The highest BCUT2D eigenvalue weighted by atomic mass is 32.1. The van der Waals surface area contributed by atoms with Gasteiger partial charge in [-0.15, -0.1) is 0 Å². The Kier molecular flexibility index (Phi) is 7.13. The van der Waals surface area contributed by atoms with Crippen LogP contribution in [-0.4, -0.2) is 66.6 Å². The first-order valence-electron chi connectivity index (χ1n) is 10.6. The Hall–Kier alpha value is -3.24. The number of nitro benzene ring substituents is 1. The number of fused-ring (bicyclic) bond motifs is 1. The number of rotatable bonds is 9. The Bertz CT molecular complexity index is 1070. The molecule has 2 aromatic carbocycles. The molecule has 1 saturated heterocycles. The Morgan fingerprint density at radius 3 is 2.69 bits per heavy atom. The molecule has 32 heavy (non-hydrogen) atoms. The van der Waals surface area contributed by atoms with Gasteiger partial charge < -0.3 is 15.0 Å². The maximum atomic E-state index is 12.0. The molecule has 0 radical (unpaired) electrons. The Morgan fingerprint density at radius 2 is 1.94 bits per heavy atom. The van der Waals surface area contributed by atoms with E-state index in [1.54, 1.807) is 12.1 Å². The molecule has 0 spiro atoms. The maximum absolute atomic E-state index is 12.0. The summed E-state index contributed by atoms with van der Waals surface area (Å²) in [5.41, 5.74) is 0.878. The van der Waals surface area contributed by atoms with Crippen molar-refractivity contribution in [2.75, 3.05) is 50.8 Å². The van der Waals surface area contributed by atoms with Gasteiger partial charge in [-0.2, -0.15) is 0 Å². The summed E-state index contributed by atoms with van der Waals surface area (Å²) in [6.45, 7) is 5.19. The number of carbonyl (C=O) groups excluding carboxylic acids is 1. The summed E-state index contributed by atoms with van der Waals surface area (Å²) >= 11 is 1.49. The van der Waals surface area contributed by atoms with Crippen molar-refractivity contribution in [2.24, 2.45) is 0 Å². The lowest BCUT2D eigenvalue weighted by Crippen LogP contribution is -2.48. The normalized spacial score (nSPS) is 14.4. The lowest BCUT2D eigenvalue weighted by atomic mass is 10.3. The summed E-state index contributed by atoms with van der Waals surface area (Å²) < 4.78 is 6.38. The van der Waals surface area contributed by atoms with Crippen molar-refractivity contribution in [3.8, 4) is 5.75 Å². The van der Waals surface area contributed by atoms with Crippen LogP contribution in [0.1, 0.15) is 6.42 Å². The highest BCUT2D eigenvalue weighted by molar-refractivity contribution is 7.22. The molecule has 3 aromatic rings. The topological polar surface area (TPSA) is 101 Å². The molecule has 1 amide bonds. The molecule has 1 aliphatic rings. The lowest BCUT2D eigenvalue weighted by molar-refractivity contribution is -0.384. The third-order valence-corrected chi connectivity index (χ3v) is 6.38. The van der Waals surface area contributed by atoms with Gasteiger partial charge in [0.25, 0.3) is 5.69 Å². The molecule has 10 heteroatoms. The van der Waals surface area contributed by atoms with Crippen molar-refractivity contribution in [2.45, 2.75) is 6.42 Å². The number of hydrogen-bond donors (Lipinski definition) is 1. The smallest absolute Gasteiger partial charge is 0.270 e. The van der Waals surface area contributed by atoms with Gasteiger partial charge in [0.15, 0.2) is 5.13 Å². The van der Waals surface area contributed by atoms with E-state index >= 15 is 0 Å². The van der Waals surface area contributed by atoms with E-state index in [4.69, 9.17) is 4.74 Å². The number of ether oxygens (including phenoxy) is 1. The van der Waals surface area contributed by atoms with E-state index in [2.05, 4.69) is 20.1 Å². The monoisotopic (exact) mass is 455 g/mol. The fourth-order valence-electron chi connectivity index (χ4n) is 3.53. The minimum atomic E-state index is -0.382. The van der Waals surface area contributed by atoms with Crippen molar-refractivity contribution in [3.05, 3.63) is 58.6 Å². The molecule has 0 bridgehead atoms. The fraction of sp³-hybridized carbons (Fsp3) is 0.364. The van der Waals surface area contributed by atoms with Crippen LogP contribution in [0.25, 0.3) is 10.2 Å². The fourth-order valence-corrected chi connectivity index (χ4v) is 4.58. The molecule has 0 saturated carbocycles. The van der Waals surface area contributed by atoms with Gasteiger partial charge in [-0.3, -0.25) is 19.8 Å². The van der Waals surface area contributed by atoms with Gasteiger partial charge >= 0.3 is 0 Å². The van der Waals surface area contributed by atoms with Crippen molar-refractivity contribution in [1.29, 1.82) is 0 Å². The molecule has 168 valence electrons. The van der Waals surface area contributed by atoms with Crippen molar-refractivity contribution >= 4 is 38.3 Å². The van der Waals surface area contributed by atoms with E-state index in [1.165, 1.54) is 17.4 Å². The van der Waals surface area contributed by atoms with E-state index < -0.39 is 0 Å². The van der Waals surface area contributed by atoms with Crippen LogP contribution < -0.4 is 15.0 Å². The second-order valence-corrected chi connectivity index (χ2v) is 8.50. The van der Waals surface area contributed by atoms with Gasteiger partial charge in [-0.25, -0.2) is 4.98 Å². The molecule has 0 unspecified atom stereocenters. The largest absolute Gasteiger partial charge is 0.493 e. The summed E-state index contributed by atoms with van der Waals surface area (Å²) in [4.78, 5) is 31.7. The first-order chi connectivity index (χ1) is 15.6. The van der Waals surface area contributed by atoms with Crippen LogP contribution in [0.2, 0.25) is 0 Å². The van der Waals surface area contributed by atoms with Crippen LogP contribution in [0.4, 0.5) is 10.8 Å². The van der Waals surface area contributed by atoms with E-state index in [0.29, 0.717) is 19.6 Å². The number of non-ortho nitro benzene ring substituents is 1. The van der Waals surface area contributed by atoms with Crippen LogP contribution in [0.3, 0.4) is 0 Å². The van der Waals surface area contributed by atoms with E-state index in [1.807, 2.05) is 30.3 Å². The number of carbonyl (C=O) groups is 1. The third-order valence-electron chi connectivity index (χ3n) is 5.31. The number of hydrogen-bond acceptors (Lipinski definition) is 8. The number of nitro groups is 1. The highest BCUT2D eigenvalue weighted by Crippen LogP contribution is 2.31. The zero-order valence-corrected chi connectivity index (χ0v) is 18.4. The predicted octanol–water partition coefficient (Wildman–Crippen LogP) is 2.91. The Labute approximate surface area is 189 Å². The van der Waals surface area contributed by atoms with Crippen LogP contribution >= 0.6 is 11.3 Å². The van der Waals surface area contributed by atoms with Gasteiger partial charge in [-0.1, -0.05) is 29.5 Å². The molecule has 1 aromatic heterocycles. The average molecular weight is 456 g/mol. The zero-order chi connectivity index (χ0) is 22.3. The molecule has 1 aliphatic heterocycles. The Morgan fingerprint density at radius 1 is 1.16 bits per heavy atom. The number of thiazole rings is 1. The van der Waals surface area contributed by atoms with Crippen LogP contribution in [0.5, 0.6) is 5.75 Å². The number of benzene rings is 2. The summed E-state index contributed by atoms with van der Waals surface area (Å²) in [6.07, 6.45) is 0.332. The minimum absolute atomic E-state index is 0.0110. The van der Waals surface area contributed by atoms with E-state index in [9.17, 15) is 14.9 Å². The second-order valence-electron chi connectivity index (χ2n) is 7.50. The van der Waals surface area contributed by atoms with Gasteiger partial charge in [0, 0.05) is 51.4 Å². The summed E-state index contributed by atoms with van der Waals surface area (Å²) in [5, 5.41) is 14.8. The summed E-state index contributed by atoms with van der Waals surface area (Å²) in [6, 6.07) is 14.2. The van der Waals surface area contributed by atoms with E-state index in [0.717, 1.165) is 53.8 Å². The first kappa shape index (κ1) is 22.0. The second kappa shape index (κ2) is 10.4. The average Bonchev–Trinajstić information content (AvgIpc) is 3.24.